The van der Waals surface area contributed by atoms with Gasteiger partial charge in [-0.25, -0.2) is 0 Å². The first-order chi connectivity index (χ1) is 4.46. The van der Waals surface area contributed by atoms with Crippen LogP contribution in [0.2, 0.25) is 0 Å². The number of carboxylic acids is 1. The lowest BCUT2D eigenvalue weighted by Crippen LogP contribution is -2.41. The lowest BCUT2D eigenvalue weighted by atomic mass is 9.98. The molecule has 0 aromatic carbocycles. The van der Waals surface area contributed by atoms with Gasteiger partial charge in [-0.15, -0.1) is 0 Å². The van der Waals surface area contributed by atoms with E-state index >= 15 is 0 Å². The Hall–Kier alpha value is -0.650. The number of nitrogens with two attached hydrogens (primary N) is 1. The van der Waals surface area contributed by atoms with Crippen LogP contribution in [0.25, 0.3) is 0 Å². The third-order valence-corrected chi connectivity index (χ3v) is 1.61. The first-order valence-electron chi connectivity index (χ1n) is 3.13. The van der Waals surface area contributed by atoms with Crippen LogP contribution < -0.4 is 11.9 Å². The number of hydrogen-bond acceptors (Lipinski definition) is 4. The van der Waals surface area contributed by atoms with Gasteiger partial charge >= 0.3 is 5.97 Å². The maximum absolute atomic E-state index is 10.2. The number of aliphatic carboxylic acids is 1. The molecule has 0 saturated heterocycles. The number of aliphatic hydroxyl groups excluding tert-OH is 1. The van der Waals surface area contributed by atoms with E-state index in [1.54, 1.807) is 6.92 Å². The van der Waals surface area contributed by atoms with Gasteiger partial charge in [0.15, 0.2) is 0 Å². The predicted octanol–water partition coefficient (Wildman–Crippen LogP) is -0.423. The summed E-state index contributed by atoms with van der Waals surface area (Å²) in [5.41, 5.74) is 5.20. The molecule has 0 aliphatic heterocycles. The van der Waals surface area contributed by atoms with Crippen molar-refractivity contribution in [3.05, 3.63) is 0 Å². The first-order valence-corrected chi connectivity index (χ1v) is 3.13. The summed E-state index contributed by atoms with van der Waals surface area (Å²) in [6, 6.07) is -0.972. The zero-order valence-electron chi connectivity index (χ0n) is 6.82. The largest absolute Gasteiger partial charge is 0.480 e. The van der Waals surface area contributed by atoms with Crippen LogP contribution in [-0.2, 0) is 4.79 Å². The van der Waals surface area contributed by atoms with Crippen LogP contribution in [0.15, 0.2) is 0 Å². The van der Waals surface area contributed by atoms with E-state index in [0.29, 0.717) is 0 Å². The lowest BCUT2D eigenvalue weighted by molar-refractivity contribution is -0.140. The summed E-state index contributed by atoms with van der Waals surface area (Å²) in [4.78, 5) is 10.2. The van der Waals surface area contributed by atoms with Gasteiger partial charge in [0.25, 0.3) is 0 Å². The molecular formula is C6H16N2O3. The van der Waals surface area contributed by atoms with E-state index in [-0.39, 0.29) is 6.15 Å². The van der Waals surface area contributed by atoms with Crippen molar-refractivity contribution in [2.45, 2.75) is 26.0 Å². The highest BCUT2D eigenvalue weighted by molar-refractivity contribution is 5.73. The third kappa shape index (κ3) is 3.92. The number of rotatable bonds is 3. The average Bonchev–Trinajstić information content (AvgIpc) is 1.84. The Morgan fingerprint density at radius 3 is 1.91 bits per heavy atom. The summed E-state index contributed by atoms with van der Waals surface area (Å²) in [6.07, 6.45) is -0.675. The monoisotopic (exact) mass is 164 g/mol. The fourth-order valence-electron chi connectivity index (χ4n) is 0.525. The van der Waals surface area contributed by atoms with Crippen LogP contribution in [0.1, 0.15) is 13.8 Å². The number of carbonyl (C=O) groups is 1. The van der Waals surface area contributed by atoms with Crippen molar-refractivity contribution in [3.63, 3.8) is 0 Å². The predicted molar refractivity (Wildman–Crippen MR) is 41.5 cm³/mol. The van der Waals surface area contributed by atoms with E-state index in [1.807, 2.05) is 0 Å². The highest BCUT2D eigenvalue weighted by atomic mass is 16.4. The van der Waals surface area contributed by atoms with Crippen LogP contribution >= 0.6 is 0 Å². The van der Waals surface area contributed by atoms with Crippen molar-refractivity contribution in [2.75, 3.05) is 0 Å². The van der Waals surface area contributed by atoms with Gasteiger partial charge in [-0.2, -0.15) is 0 Å². The standard InChI is InChI=1S/C6H13NO3.H3N/c1-3(4(2)8)5(7)6(9)10;/h3-5,8H,7H2,1-2H3,(H,9,10);1H3/t3-,4?,5-;/m0./s1. The van der Waals surface area contributed by atoms with Crippen LogP contribution in [0.5, 0.6) is 0 Å². The second-order valence-electron chi connectivity index (χ2n) is 2.46. The molecule has 68 valence electrons. The van der Waals surface area contributed by atoms with Crippen LogP contribution in [0, 0.1) is 5.92 Å². The molecular weight excluding hydrogens is 148 g/mol. The second kappa shape index (κ2) is 5.06. The Balaban J connectivity index is 0. The summed E-state index contributed by atoms with van der Waals surface area (Å²) >= 11 is 0. The van der Waals surface area contributed by atoms with Crippen molar-refractivity contribution in [2.24, 2.45) is 11.7 Å². The van der Waals surface area contributed by atoms with Gasteiger partial charge in [-0.3, -0.25) is 4.79 Å². The van der Waals surface area contributed by atoms with Crippen molar-refractivity contribution in [1.82, 2.24) is 6.15 Å². The highest BCUT2D eigenvalue weighted by Crippen LogP contribution is 2.05. The van der Waals surface area contributed by atoms with Gasteiger partial charge in [0, 0.05) is 5.92 Å². The topological polar surface area (TPSA) is 119 Å². The van der Waals surface area contributed by atoms with Gasteiger partial charge < -0.3 is 22.1 Å². The van der Waals surface area contributed by atoms with E-state index < -0.39 is 24.0 Å². The smallest absolute Gasteiger partial charge is 0.320 e. The number of hydrogen-bond donors (Lipinski definition) is 4. The van der Waals surface area contributed by atoms with E-state index in [0.717, 1.165) is 0 Å². The molecule has 5 heteroatoms. The summed E-state index contributed by atoms with van der Waals surface area (Å²) < 4.78 is 0. The minimum absolute atomic E-state index is 0. The summed E-state index contributed by atoms with van der Waals surface area (Å²) in [7, 11) is 0. The Labute approximate surface area is 65.8 Å². The molecule has 0 bridgehead atoms. The molecule has 0 fully saturated rings. The second-order valence-corrected chi connectivity index (χ2v) is 2.46. The Kier molecular flexibility index (Phi) is 5.97. The summed E-state index contributed by atoms with van der Waals surface area (Å²) in [5, 5.41) is 17.3. The van der Waals surface area contributed by atoms with E-state index in [9.17, 15) is 4.79 Å². The zero-order valence-corrected chi connectivity index (χ0v) is 6.82. The maximum Gasteiger partial charge on any atom is 0.320 e. The fourth-order valence-corrected chi connectivity index (χ4v) is 0.525. The van der Waals surface area contributed by atoms with Gasteiger partial charge in [-0.05, 0) is 6.92 Å². The summed E-state index contributed by atoms with van der Waals surface area (Å²) in [5.74, 6) is -1.48. The molecule has 0 aromatic rings. The van der Waals surface area contributed by atoms with Crippen LogP contribution in [0.4, 0.5) is 0 Å². The molecule has 0 rings (SSSR count). The van der Waals surface area contributed by atoms with Crippen LogP contribution in [0.3, 0.4) is 0 Å². The van der Waals surface area contributed by atoms with Crippen LogP contribution in [-0.4, -0.2) is 28.3 Å². The minimum Gasteiger partial charge on any atom is -0.480 e. The average molecular weight is 164 g/mol. The zero-order chi connectivity index (χ0) is 8.31. The molecule has 3 atom stereocenters. The molecule has 1 unspecified atom stereocenters. The SMILES string of the molecule is CC(O)[C@H](C)[C@H](N)C(=O)O.N. The molecule has 0 aliphatic carbocycles. The van der Waals surface area contributed by atoms with Gasteiger partial charge in [0.05, 0.1) is 6.10 Å². The molecule has 11 heavy (non-hydrogen) atoms. The van der Waals surface area contributed by atoms with Crippen molar-refractivity contribution >= 4 is 5.97 Å². The van der Waals surface area contributed by atoms with Gasteiger partial charge in [-0.1, -0.05) is 6.92 Å². The molecule has 0 amide bonds. The van der Waals surface area contributed by atoms with E-state index in [1.165, 1.54) is 6.92 Å². The number of carboxylic acid groups (broad SMARTS) is 1. The van der Waals surface area contributed by atoms with E-state index in [2.05, 4.69) is 0 Å². The van der Waals surface area contributed by atoms with Gasteiger partial charge in [0.1, 0.15) is 6.04 Å². The Morgan fingerprint density at radius 1 is 1.45 bits per heavy atom. The number of aliphatic hydroxyl groups is 1. The van der Waals surface area contributed by atoms with Crippen molar-refractivity contribution in [3.8, 4) is 0 Å². The molecule has 5 nitrogen and oxygen atoms in total. The van der Waals surface area contributed by atoms with Gasteiger partial charge in [0.2, 0.25) is 0 Å². The normalized spacial score (nSPS) is 17.8. The molecule has 0 saturated carbocycles. The quantitative estimate of drug-likeness (QED) is 0.451. The molecule has 0 radical (unpaired) electrons. The minimum atomic E-state index is -1.08. The summed E-state index contributed by atoms with van der Waals surface area (Å²) in [6.45, 7) is 3.12. The van der Waals surface area contributed by atoms with Crippen molar-refractivity contribution < 1.29 is 15.0 Å². The lowest BCUT2D eigenvalue weighted by Gasteiger charge is -2.17. The fraction of sp³-hybridized carbons (Fsp3) is 0.833. The molecule has 0 spiro atoms. The Bertz CT molecular complexity index is 127. The molecule has 0 heterocycles. The van der Waals surface area contributed by atoms with E-state index in [4.69, 9.17) is 15.9 Å². The Morgan fingerprint density at radius 2 is 1.82 bits per heavy atom. The first kappa shape index (κ1) is 13.0. The van der Waals surface area contributed by atoms with Crippen molar-refractivity contribution in [1.29, 1.82) is 0 Å². The maximum atomic E-state index is 10.2. The molecule has 0 aromatic heterocycles. The molecule has 7 N–H and O–H groups in total. The third-order valence-electron chi connectivity index (χ3n) is 1.61. The highest BCUT2D eigenvalue weighted by Gasteiger charge is 2.23. The molecule has 0 aliphatic rings.